The average Bonchev–Trinajstić information content (AvgIpc) is 3.42. The van der Waals surface area contributed by atoms with Crippen molar-refractivity contribution in [1.82, 2.24) is 19.7 Å². The number of benzene rings is 1. The predicted octanol–water partition coefficient (Wildman–Crippen LogP) is 1.80. The van der Waals surface area contributed by atoms with Crippen molar-refractivity contribution in [3.05, 3.63) is 51.8 Å². The summed E-state index contributed by atoms with van der Waals surface area (Å²) in [6.07, 6.45) is 2.04. The van der Waals surface area contributed by atoms with Crippen LogP contribution in [-0.4, -0.2) is 45.3 Å². The first-order chi connectivity index (χ1) is 13.7. The number of aromatic nitrogens is 3. The van der Waals surface area contributed by atoms with Gasteiger partial charge in [0.25, 0.3) is 0 Å². The number of ether oxygens (including phenoxy) is 1. The Morgan fingerprint density at radius 2 is 2.21 bits per heavy atom. The minimum atomic E-state index is -0.420. The van der Waals surface area contributed by atoms with E-state index in [0.717, 1.165) is 36.4 Å². The van der Waals surface area contributed by atoms with Crippen LogP contribution in [-0.2, 0) is 29.1 Å². The van der Waals surface area contributed by atoms with Crippen molar-refractivity contribution in [2.45, 2.75) is 38.3 Å². The summed E-state index contributed by atoms with van der Waals surface area (Å²) in [6, 6.07) is 7.27. The van der Waals surface area contributed by atoms with Crippen molar-refractivity contribution >= 4 is 17.0 Å². The number of rotatable bonds is 4. The van der Waals surface area contributed by atoms with E-state index >= 15 is 0 Å². The number of carbonyl (C=O) groups is 1. The minimum Gasteiger partial charge on any atom is -0.408 e. The highest BCUT2D eigenvalue weighted by Crippen LogP contribution is 2.31. The second-order valence-corrected chi connectivity index (χ2v) is 7.43. The van der Waals surface area contributed by atoms with Crippen molar-refractivity contribution in [2.24, 2.45) is 0 Å². The normalized spacial score (nSPS) is 19.3. The molecule has 1 amide bonds. The number of hydrogen-bond donors (Lipinski definition) is 1. The Bertz CT molecular complexity index is 1080. The van der Waals surface area contributed by atoms with Crippen molar-refractivity contribution in [1.29, 1.82) is 0 Å². The molecule has 0 saturated carbocycles. The standard InChI is InChI=1S/C20H22N4O4/c25-18(6-9-24-16-3-1-2-4-17(16)28-20(24)26)23-8-5-13(11-23)19-14-12-27-10-7-15(14)21-22-19/h1-4,13H,5-12H2,(H,21,22). The molecule has 4 heterocycles. The molecule has 1 fully saturated rings. The molecule has 2 aromatic heterocycles. The van der Waals surface area contributed by atoms with Gasteiger partial charge in [-0.25, -0.2) is 4.79 Å². The van der Waals surface area contributed by atoms with E-state index in [-0.39, 0.29) is 18.2 Å². The van der Waals surface area contributed by atoms with Crippen LogP contribution in [0.15, 0.2) is 33.5 Å². The largest absolute Gasteiger partial charge is 0.419 e. The molecular formula is C20H22N4O4. The third-order valence-electron chi connectivity index (χ3n) is 5.78. The Balaban J connectivity index is 1.25. The van der Waals surface area contributed by atoms with Gasteiger partial charge in [-0.2, -0.15) is 5.10 Å². The van der Waals surface area contributed by atoms with Gasteiger partial charge in [-0.1, -0.05) is 12.1 Å². The van der Waals surface area contributed by atoms with Gasteiger partial charge in [-0.05, 0) is 18.6 Å². The monoisotopic (exact) mass is 382 g/mol. The van der Waals surface area contributed by atoms with E-state index in [1.807, 2.05) is 23.1 Å². The van der Waals surface area contributed by atoms with Crippen molar-refractivity contribution in [3.8, 4) is 0 Å². The first-order valence-corrected chi connectivity index (χ1v) is 9.70. The van der Waals surface area contributed by atoms with Gasteiger partial charge in [0.2, 0.25) is 5.91 Å². The van der Waals surface area contributed by atoms with Crippen molar-refractivity contribution < 1.29 is 13.9 Å². The lowest BCUT2D eigenvalue weighted by molar-refractivity contribution is -0.130. The van der Waals surface area contributed by atoms with Crippen LogP contribution in [0, 0.1) is 0 Å². The maximum absolute atomic E-state index is 12.7. The quantitative estimate of drug-likeness (QED) is 0.743. The van der Waals surface area contributed by atoms with Gasteiger partial charge in [0.1, 0.15) is 0 Å². The van der Waals surface area contributed by atoms with Crippen LogP contribution < -0.4 is 5.76 Å². The molecule has 2 aliphatic heterocycles. The number of hydrogen-bond acceptors (Lipinski definition) is 5. The summed E-state index contributed by atoms with van der Waals surface area (Å²) in [5.74, 6) is -0.125. The highest BCUT2D eigenvalue weighted by Gasteiger charge is 2.32. The minimum absolute atomic E-state index is 0.0559. The molecular weight excluding hydrogens is 360 g/mol. The molecule has 28 heavy (non-hydrogen) atoms. The zero-order valence-electron chi connectivity index (χ0n) is 15.5. The van der Waals surface area contributed by atoms with E-state index in [9.17, 15) is 9.59 Å². The van der Waals surface area contributed by atoms with Crippen LogP contribution in [0.2, 0.25) is 0 Å². The fourth-order valence-electron chi connectivity index (χ4n) is 4.27. The summed E-state index contributed by atoms with van der Waals surface area (Å²) >= 11 is 0. The van der Waals surface area contributed by atoms with Gasteiger partial charge in [0.05, 0.1) is 24.4 Å². The summed E-state index contributed by atoms with van der Waals surface area (Å²) in [5.41, 5.74) is 4.65. The van der Waals surface area contributed by atoms with Gasteiger partial charge >= 0.3 is 5.76 Å². The van der Waals surface area contributed by atoms with E-state index < -0.39 is 5.76 Å². The molecule has 8 nitrogen and oxygen atoms in total. The first-order valence-electron chi connectivity index (χ1n) is 9.70. The first kappa shape index (κ1) is 17.2. The molecule has 1 aromatic carbocycles. The van der Waals surface area contributed by atoms with Crippen molar-refractivity contribution in [3.63, 3.8) is 0 Å². The maximum atomic E-state index is 12.7. The van der Waals surface area contributed by atoms with Gasteiger partial charge in [0.15, 0.2) is 5.58 Å². The van der Waals surface area contributed by atoms with Crippen LogP contribution in [0.3, 0.4) is 0 Å². The molecule has 0 bridgehead atoms. The molecule has 1 unspecified atom stereocenters. The highest BCUT2D eigenvalue weighted by atomic mass is 16.5. The van der Waals surface area contributed by atoms with E-state index in [2.05, 4.69) is 10.2 Å². The number of likely N-dealkylation sites (tertiary alicyclic amines) is 1. The van der Waals surface area contributed by atoms with Crippen LogP contribution in [0.25, 0.3) is 11.1 Å². The number of H-pyrrole nitrogens is 1. The summed E-state index contributed by atoms with van der Waals surface area (Å²) < 4.78 is 12.3. The molecule has 1 saturated heterocycles. The van der Waals surface area contributed by atoms with E-state index in [1.165, 1.54) is 10.1 Å². The number of aromatic amines is 1. The molecule has 146 valence electrons. The zero-order valence-corrected chi connectivity index (χ0v) is 15.5. The molecule has 0 aliphatic carbocycles. The fourth-order valence-corrected chi connectivity index (χ4v) is 4.27. The topological polar surface area (TPSA) is 93.4 Å². The van der Waals surface area contributed by atoms with Gasteiger partial charge < -0.3 is 14.1 Å². The summed E-state index contributed by atoms with van der Waals surface area (Å²) in [7, 11) is 0. The lowest BCUT2D eigenvalue weighted by atomic mass is 9.98. The lowest BCUT2D eigenvalue weighted by Crippen LogP contribution is -2.30. The third-order valence-corrected chi connectivity index (χ3v) is 5.78. The highest BCUT2D eigenvalue weighted by molar-refractivity contribution is 5.77. The van der Waals surface area contributed by atoms with Crippen LogP contribution >= 0.6 is 0 Å². The maximum Gasteiger partial charge on any atom is 0.419 e. The number of nitrogens with one attached hydrogen (secondary N) is 1. The number of fused-ring (bicyclic) bond motifs is 2. The Hall–Kier alpha value is -2.87. The molecule has 1 N–H and O–H groups in total. The van der Waals surface area contributed by atoms with Crippen molar-refractivity contribution in [2.75, 3.05) is 19.7 Å². The van der Waals surface area contributed by atoms with E-state index in [0.29, 0.717) is 31.8 Å². The molecule has 5 rings (SSSR count). The summed E-state index contributed by atoms with van der Waals surface area (Å²) in [6.45, 7) is 3.03. The Kier molecular flexibility index (Phi) is 4.27. The number of amides is 1. The molecule has 0 spiro atoms. The molecule has 3 aromatic rings. The molecule has 8 heteroatoms. The van der Waals surface area contributed by atoms with Crippen LogP contribution in [0.1, 0.15) is 35.7 Å². The second-order valence-electron chi connectivity index (χ2n) is 7.43. The fraction of sp³-hybridized carbons (Fsp3) is 0.450. The SMILES string of the molecule is O=C(CCn1c(=O)oc2ccccc21)N1CCC(c2n[nH]c3c2COCC3)C1. The van der Waals surface area contributed by atoms with Crippen LogP contribution in [0.5, 0.6) is 0 Å². The number of nitrogens with zero attached hydrogens (tertiary/aromatic N) is 3. The Labute approximate surface area is 161 Å². The van der Waals surface area contributed by atoms with E-state index in [1.54, 1.807) is 6.07 Å². The number of oxazole rings is 1. The Morgan fingerprint density at radius 1 is 1.32 bits per heavy atom. The van der Waals surface area contributed by atoms with Crippen LogP contribution in [0.4, 0.5) is 0 Å². The average molecular weight is 382 g/mol. The number of para-hydroxylation sites is 2. The van der Waals surface area contributed by atoms with Gasteiger partial charge in [-0.15, -0.1) is 0 Å². The smallest absolute Gasteiger partial charge is 0.408 e. The number of carbonyl (C=O) groups excluding carboxylic acids is 1. The summed E-state index contributed by atoms with van der Waals surface area (Å²) in [5, 5.41) is 7.64. The number of aryl methyl sites for hydroxylation is 1. The predicted molar refractivity (Wildman–Crippen MR) is 101 cm³/mol. The van der Waals surface area contributed by atoms with E-state index in [4.69, 9.17) is 9.15 Å². The zero-order chi connectivity index (χ0) is 19.1. The lowest BCUT2D eigenvalue weighted by Gasteiger charge is -2.17. The molecule has 1 atom stereocenters. The molecule has 0 radical (unpaired) electrons. The van der Waals surface area contributed by atoms with Gasteiger partial charge in [0, 0.05) is 49.7 Å². The third kappa shape index (κ3) is 2.93. The second kappa shape index (κ2) is 6.94. The van der Waals surface area contributed by atoms with Gasteiger partial charge in [-0.3, -0.25) is 14.5 Å². The molecule has 2 aliphatic rings. The Morgan fingerprint density at radius 3 is 3.14 bits per heavy atom. The summed E-state index contributed by atoms with van der Waals surface area (Å²) in [4.78, 5) is 26.7.